The summed E-state index contributed by atoms with van der Waals surface area (Å²) >= 11 is 0. The van der Waals surface area contributed by atoms with Crippen LogP contribution in [0.25, 0.3) is 0 Å². The predicted molar refractivity (Wildman–Crippen MR) is 59.5 cm³/mol. The minimum absolute atomic E-state index is 0.0562. The lowest BCUT2D eigenvalue weighted by Gasteiger charge is -2.06. The van der Waals surface area contributed by atoms with Crippen LogP contribution in [0.2, 0.25) is 0 Å². The number of ether oxygens (including phenoxy) is 1. The number of methoxy groups -OCH3 is 1. The van der Waals surface area contributed by atoms with Crippen molar-refractivity contribution in [1.29, 1.82) is 0 Å². The Morgan fingerprint density at radius 2 is 2.35 bits per heavy atom. The van der Waals surface area contributed by atoms with Gasteiger partial charge in [0.2, 0.25) is 0 Å². The summed E-state index contributed by atoms with van der Waals surface area (Å²) in [6.45, 7) is 5.12. The Hall–Kier alpha value is -1.43. The molecule has 0 bridgehead atoms. The minimum atomic E-state index is -0.763. The lowest BCUT2D eigenvalue weighted by Crippen LogP contribution is -2.08. The van der Waals surface area contributed by atoms with Crippen LogP contribution in [0.4, 0.5) is 0 Å². The Kier molecular flexibility index (Phi) is 2.91. The summed E-state index contributed by atoms with van der Waals surface area (Å²) in [6, 6.07) is 0. The Morgan fingerprint density at radius 1 is 1.65 bits per heavy atom. The fourth-order valence-electron chi connectivity index (χ4n) is 2.45. The topological polar surface area (TPSA) is 77.2 Å². The molecule has 1 aromatic heterocycles. The normalized spacial score (nSPS) is 25.8. The van der Waals surface area contributed by atoms with Crippen LogP contribution in [-0.4, -0.2) is 39.6 Å². The number of hydrogen-bond donors (Lipinski definition) is 1. The van der Waals surface area contributed by atoms with E-state index >= 15 is 0 Å². The summed E-state index contributed by atoms with van der Waals surface area (Å²) in [5.41, 5.74) is -0.246. The second-order valence-electron chi connectivity index (χ2n) is 4.99. The lowest BCUT2D eigenvalue weighted by molar-refractivity contribution is -0.139. The molecule has 0 spiro atoms. The molecule has 0 aliphatic heterocycles. The first kappa shape index (κ1) is 12.0. The first-order valence-electron chi connectivity index (χ1n) is 5.59. The third-order valence-electron chi connectivity index (χ3n) is 3.55. The third kappa shape index (κ3) is 1.93. The van der Waals surface area contributed by atoms with E-state index in [1.807, 2.05) is 18.4 Å². The van der Waals surface area contributed by atoms with Gasteiger partial charge in [-0.15, -0.1) is 10.2 Å². The van der Waals surface area contributed by atoms with Crippen molar-refractivity contribution in [3.63, 3.8) is 0 Å². The van der Waals surface area contributed by atoms with Crippen LogP contribution in [0, 0.1) is 11.3 Å². The molecular formula is C11H17N3O3. The maximum atomic E-state index is 11.1. The van der Waals surface area contributed by atoms with Crippen molar-refractivity contribution >= 4 is 5.97 Å². The van der Waals surface area contributed by atoms with Gasteiger partial charge in [0, 0.05) is 19.6 Å². The molecule has 1 saturated carbocycles. The second kappa shape index (κ2) is 4.10. The van der Waals surface area contributed by atoms with Crippen LogP contribution in [0.3, 0.4) is 0 Å². The summed E-state index contributed by atoms with van der Waals surface area (Å²) in [6.07, 6.45) is 1.63. The van der Waals surface area contributed by atoms with Crippen molar-refractivity contribution < 1.29 is 14.6 Å². The number of carbonyl (C=O) groups is 1. The van der Waals surface area contributed by atoms with E-state index < -0.39 is 5.97 Å². The molecule has 1 aliphatic carbocycles. The zero-order chi connectivity index (χ0) is 12.6. The molecule has 6 heteroatoms. The van der Waals surface area contributed by atoms with E-state index in [9.17, 15) is 4.79 Å². The summed E-state index contributed by atoms with van der Waals surface area (Å²) in [4.78, 5) is 11.1. The SMILES string of the molecule is COCCn1cnnc1C1C(C(=O)O)C1(C)C. The lowest BCUT2D eigenvalue weighted by atomic mass is 10.1. The number of hydrogen-bond acceptors (Lipinski definition) is 4. The maximum Gasteiger partial charge on any atom is 0.307 e. The first-order valence-corrected chi connectivity index (χ1v) is 5.59. The average Bonchev–Trinajstić information content (AvgIpc) is 2.62. The van der Waals surface area contributed by atoms with Crippen molar-refractivity contribution in [2.75, 3.05) is 13.7 Å². The van der Waals surface area contributed by atoms with Gasteiger partial charge in [0.15, 0.2) is 0 Å². The molecule has 2 rings (SSSR count). The van der Waals surface area contributed by atoms with Gasteiger partial charge in [0.05, 0.1) is 12.5 Å². The standard InChI is InChI=1S/C11H17N3O3/c1-11(2)7(8(11)10(15)16)9-13-12-6-14(9)4-5-17-3/h6-8H,4-5H2,1-3H3,(H,15,16). The van der Waals surface area contributed by atoms with Crippen LogP contribution in [0.15, 0.2) is 6.33 Å². The Labute approximate surface area is 99.6 Å². The van der Waals surface area contributed by atoms with Crippen molar-refractivity contribution in [2.45, 2.75) is 26.3 Å². The molecule has 94 valence electrons. The molecule has 0 saturated heterocycles. The molecule has 6 nitrogen and oxygen atoms in total. The highest BCUT2D eigenvalue weighted by molar-refractivity contribution is 5.77. The quantitative estimate of drug-likeness (QED) is 0.820. The summed E-state index contributed by atoms with van der Waals surface area (Å²) < 4.78 is 6.88. The maximum absolute atomic E-state index is 11.1. The van der Waals surface area contributed by atoms with E-state index in [2.05, 4.69) is 10.2 Å². The molecule has 17 heavy (non-hydrogen) atoms. The highest BCUT2D eigenvalue weighted by atomic mass is 16.5. The fraction of sp³-hybridized carbons (Fsp3) is 0.727. The van der Waals surface area contributed by atoms with Gasteiger partial charge in [0.25, 0.3) is 0 Å². The molecule has 0 aromatic carbocycles. The second-order valence-corrected chi connectivity index (χ2v) is 4.99. The van der Waals surface area contributed by atoms with Gasteiger partial charge in [0.1, 0.15) is 12.2 Å². The van der Waals surface area contributed by atoms with Crippen LogP contribution in [-0.2, 0) is 16.1 Å². The van der Waals surface area contributed by atoms with Crippen LogP contribution in [0.1, 0.15) is 25.6 Å². The number of carboxylic acid groups (broad SMARTS) is 1. The van der Waals surface area contributed by atoms with Crippen molar-refractivity contribution in [2.24, 2.45) is 11.3 Å². The molecule has 0 radical (unpaired) electrons. The third-order valence-corrected chi connectivity index (χ3v) is 3.55. The van der Waals surface area contributed by atoms with Crippen molar-refractivity contribution in [1.82, 2.24) is 14.8 Å². The zero-order valence-corrected chi connectivity index (χ0v) is 10.3. The molecule has 1 aliphatic rings. The zero-order valence-electron chi connectivity index (χ0n) is 10.3. The number of aromatic nitrogens is 3. The van der Waals surface area contributed by atoms with E-state index in [1.54, 1.807) is 13.4 Å². The average molecular weight is 239 g/mol. The van der Waals surface area contributed by atoms with Gasteiger partial charge in [-0.3, -0.25) is 4.79 Å². The van der Waals surface area contributed by atoms with Gasteiger partial charge in [-0.25, -0.2) is 0 Å². The van der Waals surface area contributed by atoms with Crippen LogP contribution >= 0.6 is 0 Å². The Balaban J connectivity index is 2.19. The van der Waals surface area contributed by atoms with Crippen LogP contribution < -0.4 is 0 Å². The Bertz CT molecular complexity index is 427. The van der Waals surface area contributed by atoms with Gasteiger partial charge < -0.3 is 14.4 Å². The monoisotopic (exact) mass is 239 g/mol. The van der Waals surface area contributed by atoms with Gasteiger partial charge in [-0.2, -0.15) is 0 Å². The molecule has 1 N–H and O–H groups in total. The summed E-state index contributed by atoms with van der Waals surface area (Å²) in [5.74, 6) is -0.437. The number of carboxylic acids is 1. The largest absolute Gasteiger partial charge is 0.481 e. The highest BCUT2D eigenvalue weighted by Gasteiger charge is 2.64. The molecule has 0 amide bonds. The smallest absolute Gasteiger partial charge is 0.307 e. The van der Waals surface area contributed by atoms with E-state index in [0.717, 1.165) is 5.82 Å². The van der Waals surface area contributed by atoms with E-state index in [4.69, 9.17) is 9.84 Å². The Morgan fingerprint density at radius 3 is 2.88 bits per heavy atom. The summed E-state index contributed by atoms with van der Waals surface area (Å²) in [7, 11) is 1.63. The van der Waals surface area contributed by atoms with E-state index in [1.165, 1.54) is 0 Å². The highest BCUT2D eigenvalue weighted by Crippen LogP contribution is 2.63. The fourth-order valence-corrected chi connectivity index (χ4v) is 2.45. The molecular weight excluding hydrogens is 222 g/mol. The number of aliphatic carboxylic acids is 1. The van der Waals surface area contributed by atoms with Crippen molar-refractivity contribution in [3.8, 4) is 0 Å². The minimum Gasteiger partial charge on any atom is -0.481 e. The summed E-state index contributed by atoms with van der Waals surface area (Å²) in [5, 5.41) is 17.1. The molecule has 1 fully saturated rings. The van der Waals surface area contributed by atoms with Crippen molar-refractivity contribution in [3.05, 3.63) is 12.2 Å². The number of rotatable bonds is 5. The van der Waals surface area contributed by atoms with E-state index in [0.29, 0.717) is 13.2 Å². The van der Waals surface area contributed by atoms with Gasteiger partial charge in [-0.05, 0) is 5.41 Å². The van der Waals surface area contributed by atoms with Gasteiger partial charge in [-0.1, -0.05) is 13.8 Å². The predicted octanol–water partition coefficient (Wildman–Crippen LogP) is 0.749. The molecule has 2 atom stereocenters. The van der Waals surface area contributed by atoms with Crippen LogP contribution in [0.5, 0.6) is 0 Å². The number of nitrogens with zero attached hydrogens (tertiary/aromatic N) is 3. The molecule has 1 aromatic rings. The first-order chi connectivity index (χ1) is 8.00. The van der Waals surface area contributed by atoms with E-state index in [-0.39, 0.29) is 17.3 Å². The molecule has 2 unspecified atom stereocenters. The van der Waals surface area contributed by atoms with Gasteiger partial charge >= 0.3 is 5.97 Å². The molecule has 1 heterocycles.